The summed E-state index contributed by atoms with van der Waals surface area (Å²) < 4.78 is 0. The monoisotopic (exact) mass is 280 g/mol. The molecule has 2 rings (SSSR count). The van der Waals surface area contributed by atoms with Gasteiger partial charge < -0.3 is 10.6 Å². The van der Waals surface area contributed by atoms with Crippen molar-refractivity contribution in [3.05, 3.63) is 59.9 Å². The number of amides is 2. The Bertz CT molecular complexity index is 675. The molecule has 0 fully saturated rings. The van der Waals surface area contributed by atoms with Crippen LogP contribution in [0, 0.1) is 11.3 Å². The van der Waals surface area contributed by atoms with Crippen molar-refractivity contribution in [1.82, 2.24) is 10.3 Å². The van der Waals surface area contributed by atoms with Crippen molar-refractivity contribution >= 4 is 17.5 Å². The van der Waals surface area contributed by atoms with Gasteiger partial charge in [-0.1, -0.05) is 6.07 Å². The molecule has 1 heterocycles. The second-order valence-corrected chi connectivity index (χ2v) is 4.19. The maximum atomic E-state index is 11.7. The summed E-state index contributed by atoms with van der Waals surface area (Å²) >= 11 is 0. The lowest BCUT2D eigenvalue weighted by Crippen LogP contribution is -2.34. The third-order valence-corrected chi connectivity index (χ3v) is 2.65. The summed E-state index contributed by atoms with van der Waals surface area (Å²) in [6, 6.07) is 11.8. The van der Waals surface area contributed by atoms with E-state index in [0.717, 1.165) is 5.56 Å². The lowest BCUT2D eigenvalue weighted by molar-refractivity contribution is -0.136. The van der Waals surface area contributed by atoms with E-state index in [2.05, 4.69) is 15.6 Å². The van der Waals surface area contributed by atoms with Crippen LogP contribution in [-0.2, 0) is 16.1 Å². The van der Waals surface area contributed by atoms with Gasteiger partial charge >= 0.3 is 11.8 Å². The van der Waals surface area contributed by atoms with E-state index in [9.17, 15) is 9.59 Å². The fourth-order valence-corrected chi connectivity index (χ4v) is 1.58. The zero-order valence-electron chi connectivity index (χ0n) is 11.0. The highest BCUT2D eigenvalue weighted by molar-refractivity contribution is 6.39. The van der Waals surface area contributed by atoms with Crippen LogP contribution < -0.4 is 10.6 Å². The second kappa shape index (κ2) is 6.82. The Hall–Kier alpha value is -3.20. The minimum atomic E-state index is -0.761. The number of carbonyl (C=O) groups is 2. The van der Waals surface area contributed by atoms with Crippen LogP contribution in [0.15, 0.2) is 48.8 Å². The minimum absolute atomic E-state index is 0.230. The fraction of sp³-hybridized carbons (Fsp3) is 0.0667. The number of hydrogen-bond acceptors (Lipinski definition) is 4. The summed E-state index contributed by atoms with van der Waals surface area (Å²) in [7, 11) is 0. The molecule has 2 N–H and O–H groups in total. The number of anilines is 1. The Labute approximate surface area is 121 Å². The lowest BCUT2D eigenvalue weighted by Gasteiger charge is -2.06. The summed E-state index contributed by atoms with van der Waals surface area (Å²) in [5.41, 5.74) is 1.74. The van der Waals surface area contributed by atoms with Gasteiger partial charge in [-0.3, -0.25) is 14.6 Å². The van der Waals surface area contributed by atoms with Crippen LogP contribution in [0.1, 0.15) is 11.1 Å². The van der Waals surface area contributed by atoms with Gasteiger partial charge in [-0.25, -0.2) is 0 Å². The molecule has 0 aliphatic rings. The molecule has 21 heavy (non-hydrogen) atoms. The maximum absolute atomic E-state index is 11.7. The Morgan fingerprint density at radius 2 is 1.90 bits per heavy atom. The number of aromatic nitrogens is 1. The zero-order valence-corrected chi connectivity index (χ0v) is 11.0. The molecule has 0 spiro atoms. The molecule has 0 unspecified atom stereocenters. The number of pyridine rings is 1. The van der Waals surface area contributed by atoms with Crippen molar-refractivity contribution in [3.8, 4) is 6.07 Å². The average molecular weight is 280 g/mol. The first kappa shape index (κ1) is 14.2. The van der Waals surface area contributed by atoms with E-state index in [-0.39, 0.29) is 6.54 Å². The lowest BCUT2D eigenvalue weighted by atomic mass is 10.2. The van der Waals surface area contributed by atoms with E-state index >= 15 is 0 Å². The van der Waals surface area contributed by atoms with Gasteiger partial charge in [-0.05, 0) is 35.9 Å². The first-order valence-corrected chi connectivity index (χ1v) is 6.17. The van der Waals surface area contributed by atoms with Crippen molar-refractivity contribution in [1.29, 1.82) is 5.26 Å². The normalized spacial score (nSPS) is 9.48. The molecule has 0 bridgehead atoms. The van der Waals surface area contributed by atoms with Crippen molar-refractivity contribution in [2.75, 3.05) is 5.32 Å². The van der Waals surface area contributed by atoms with Crippen LogP contribution in [0.4, 0.5) is 5.69 Å². The predicted octanol–water partition coefficient (Wildman–Crippen LogP) is 1.21. The van der Waals surface area contributed by atoms with Crippen LogP contribution in [0.5, 0.6) is 0 Å². The number of nitrogens with zero attached hydrogens (tertiary/aromatic N) is 2. The summed E-state index contributed by atoms with van der Waals surface area (Å²) in [6.07, 6.45) is 3.24. The van der Waals surface area contributed by atoms with Crippen LogP contribution in [0.3, 0.4) is 0 Å². The highest BCUT2D eigenvalue weighted by Crippen LogP contribution is 2.08. The maximum Gasteiger partial charge on any atom is 0.313 e. The largest absolute Gasteiger partial charge is 0.344 e. The standard InChI is InChI=1S/C15H12N4O2/c16-8-11-3-5-13(6-4-11)19-15(21)14(20)18-10-12-2-1-7-17-9-12/h1-7,9H,10H2,(H,18,20)(H,19,21). The summed E-state index contributed by atoms with van der Waals surface area (Å²) in [5, 5.41) is 13.6. The molecule has 0 aliphatic carbocycles. The third kappa shape index (κ3) is 4.14. The third-order valence-electron chi connectivity index (χ3n) is 2.65. The molecule has 0 atom stereocenters. The molecule has 104 valence electrons. The smallest absolute Gasteiger partial charge is 0.313 e. The summed E-state index contributed by atoms with van der Waals surface area (Å²) in [5.74, 6) is -1.49. The van der Waals surface area contributed by atoms with Crippen molar-refractivity contribution in [2.24, 2.45) is 0 Å². The molecule has 1 aromatic carbocycles. The first-order chi connectivity index (χ1) is 10.2. The quantitative estimate of drug-likeness (QED) is 0.826. The van der Waals surface area contributed by atoms with Crippen LogP contribution in [0.25, 0.3) is 0 Å². The highest BCUT2D eigenvalue weighted by Gasteiger charge is 2.13. The Balaban J connectivity index is 1.87. The molecule has 2 aromatic rings. The molecule has 0 radical (unpaired) electrons. The number of nitrogens with one attached hydrogen (secondary N) is 2. The van der Waals surface area contributed by atoms with E-state index in [1.807, 2.05) is 6.07 Å². The summed E-state index contributed by atoms with van der Waals surface area (Å²) in [6.45, 7) is 0.230. The van der Waals surface area contributed by atoms with Gasteiger partial charge in [0, 0.05) is 24.6 Å². The molecule has 0 saturated heterocycles. The molecular formula is C15H12N4O2. The van der Waals surface area contributed by atoms with Crippen molar-refractivity contribution in [3.63, 3.8) is 0 Å². The van der Waals surface area contributed by atoms with Crippen LogP contribution in [0.2, 0.25) is 0 Å². The number of nitriles is 1. The van der Waals surface area contributed by atoms with Crippen molar-refractivity contribution < 1.29 is 9.59 Å². The Morgan fingerprint density at radius 1 is 1.14 bits per heavy atom. The fourth-order valence-electron chi connectivity index (χ4n) is 1.58. The Kier molecular flexibility index (Phi) is 4.62. The van der Waals surface area contributed by atoms with E-state index < -0.39 is 11.8 Å². The van der Waals surface area contributed by atoms with E-state index in [4.69, 9.17) is 5.26 Å². The number of carbonyl (C=O) groups excluding carboxylic acids is 2. The van der Waals surface area contributed by atoms with Gasteiger partial charge in [0.05, 0.1) is 11.6 Å². The van der Waals surface area contributed by atoms with Gasteiger partial charge in [0.2, 0.25) is 0 Å². The minimum Gasteiger partial charge on any atom is -0.344 e. The van der Waals surface area contributed by atoms with E-state index in [0.29, 0.717) is 11.3 Å². The molecule has 2 amide bonds. The average Bonchev–Trinajstić information content (AvgIpc) is 2.54. The first-order valence-electron chi connectivity index (χ1n) is 6.17. The molecular weight excluding hydrogens is 268 g/mol. The molecule has 0 aliphatic heterocycles. The van der Waals surface area contributed by atoms with Gasteiger partial charge in [0.15, 0.2) is 0 Å². The van der Waals surface area contributed by atoms with Gasteiger partial charge in [-0.2, -0.15) is 5.26 Å². The topological polar surface area (TPSA) is 94.9 Å². The van der Waals surface area contributed by atoms with Crippen molar-refractivity contribution in [2.45, 2.75) is 6.54 Å². The van der Waals surface area contributed by atoms with Crippen LogP contribution in [-0.4, -0.2) is 16.8 Å². The highest BCUT2D eigenvalue weighted by atomic mass is 16.2. The Morgan fingerprint density at radius 3 is 2.52 bits per heavy atom. The molecule has 0 saturated carbocycles. The van der Waals surface area contributed by atoms with Gasteiger partial charge in [-0.15, -0.1) is 0 Å². The summed E-state index contributed by atoms with van der Waals surface area (Å²) in [4.78, 5) is 27.2. The predicted molar refractivity (Wildman–Crippen MR) is 75.9 cm³/mol. The molecule has 1 aromatic heterocycles. The van der Waals surface area contributed by atoms with Gasteiger partial charge in [0.25, 0.3) is 0 Å². The SMILES string of the molecule is N#Cc1ccc(NC(=O)C(=O)NCc2cccnc2)cc1. The zero-order chi connectivity index (χ0) is 15.1. The van der Waals surface area contributed by atoms with E-state index in [1.54, 1.807) is 48.8 Å². The molecule has 6 nitrogen and oxygen atoms in total. The number of hydrogen-bond donors (Lipinski definition) is 2. The number of rotatable bonds is 3. The second-order valence-electron chi connectivity index (χ2n) is 4.19. The number of benzene rings is 1. The van der Waals surface area contributed by atoms with E-state index in [1.165, 1.54) is 0 Å². The molecule has 6 heteroatoms. The van der Waals surface area contributed by atoms with Gasteiger partial charge in [0.1, 0.15) is 0 Å². The van der Waals surface area contributed by atoms with Crippen LogP contribution >= 0.6 is 0 Å².